The predicted molar refractivity (Wildman–Crippen MR) is 72.8 cm³/mol. The predicted octanol–water partition coefficient (Wildman–Crippen LogP) is 4.12. The van der Waals surface area contributed by atoms with Crippen LogP contribution in [0.25, 0.3) is 11.3 Å². The fraction of sp³-hybridized carbons (Fsp3) is 0.250. The smallest absolute Gasteiger partial charge is 0.128 e. The molecule has 0 amide bonds. The third kappa shape index (κ3) is 2.07. The largest absolute Gasteiger partial charge is 0.496 e. The van der Waals surface area contributed by atoms with Gasteiger partial charge in [0.2, 0.25) is 0 Å². The number of aromatic nitrogens is 2. The highest BCUT2D eigenvalue weighted by atomic mass is 79.9. The number of aryl methyl sites for hydroxylation is 1. The van der Waals surface area contributed by atoms with Gasteiger partial charge in [-0.15, -0.1) is 0 Å². The lowest BCUT2D eigenvalue weighted by Gasteiger charge is -2.13. The number of nitrogens with zero attached hydrogens (tertiary/aromatic N) is 1. The second-order valence-corrected chi connectivity index (χ2v) is 4.95. The van der Waals surface area contributed by atoms with E-state index in [0.29, 0.717) is 0 Å². The van der Waals surface area contributed by atoms with Crippen LogP contribution in [0.2, 0.25) is 5.02 Å². The number of hydrogen-bond donors (Lipinski definition) is 1. The number of nitrogens with one attached hydrogen (secondary N) is 1. The van der Waals surface area contributed by atoms with Gasteiger partial charge in [0.25, 0.3) is 0 Å². The van der Waals surface area contributed by atoms with Crippen molar-refractivity contribution >= 4 is 27.5 Å². The molecule has 0 aliphatic rings. The monoisotopic (exact) mass is 314 g/mol. The van der Waals surface area contributed by atoms with E-state index in [0.717, 1.165) is 37.8 Å². The molecule has 17 heavy (non-hydrogen) atoms. The number of hydrogen-bond acceptors (Lipinski definition) is 2. The molecule has 1 aromatic carbocycles. The first-order valence-corrected chi connectivity index (χ1v) is 6.26. The molecule has 90 valence electrons. The summed E-state index contributed by atoms with van der Waals surface area (Å²) in [5.41, 5.74) is 3.69. The van der Waals surface area contributed by atoms with Crippen LogP contribution in [-0.2, 0) is 0 Å². The molecule has 0 aliphatic carbocycles. The lowest BCUT2D eigenvalue weighted by Crippen LogP contribution is -1.95. The summed E-state index contributed by atoms with van der Waals surface area (Å²) in [6.07, 6.45) is 1.63. The van der Waals surface area contributed by atoms with Gasteiger partial charge in [-0.05, 0) is 47.0 Å². The summed E-state index contributed by atoms with van der Waals surface area (Å²) in [7, 11) is 1.65. The number of benzene rings is 1. The molecule has 0 saturated carbocycles. The van der Waals surface area contributed by atoms with E-state index in [9.17, 15) is 0 Å². The van der Waals surface area contributed by atoms with Gasteiger partial charge in [-0.3, -0.25) is 0 Å². The Labute approximate surface area is 113 Å². The zero-order valence-corrected chi connectivity index (χ0v) is 12.1. The Morgan fingerprint density at radius 2 is 2.12 bits per heavy atom. The summed E-state index contributed by atoms with van der Waals surface area (Å²) >= 11 is 9.70. The zero-order chi connectivity index (χ0) is 12.6. The Morgan fingerprint density at radius 1 is 1.41 bits per heavy atom. The second kappa shape index (κ2) is 4.70. The first-order valence-electron chi connectivity index (χ1n) is 5.09. The molecule has 0 bridgehead atoms. The van der Waals surface area contributed by atoms with Gasteiger partial charge < -0.3 is 9.72 Å². The summed E-state index contributed by atoms with van der Waals surface area (Å²) in [4.78, 5) is 7.27. The lowest BCUT2D eigenvalue weighted by molar-refractivity contribution is 0.415. The van der Waals surface area contributed by atoms with Crippen molar-refractivity contribution in [1.82, 2.24) is 9.97 Å². The van der Waals surface area contributed by atoms with Crippen molar-refractivity contribution in [3.63, 3.8) is 0 Å². The van der Waals surface area contributed by atoms with Crippen molar-refractivity contribution in [1.29, 1.82) is 0 Å². The molecule has 2 rings (SSSR count). The highest BCUT2D eigenvalue weighted by Crippen LogP contribution is 2.40. The molecule has 1 N–H and O–H groups in total. The van der Waals surface area contributed by atoms with E-state index in [4.69, 9.17) is 16.3 Å². The molecule has 0 atom stereocenters. The van der Waals surface area contributed by atoms with E-state index in [1.807, 2.05) is 19.9 Å². The van der Waals surface area contributed by atoms with Crippen LogP contribution in [0.15, 0.2) is 17.0 Å². The molecule has 1 aromatic heterocycles. The summed E-state index contributed by atoms with van der Waals surface area (Å²) < 4.78 is 6.23. The van der Waals surface area contributed by atoms with E-state index >= 15 is 0 Å². The van der Waals surface area contributed by atoms with Gasteiger partial charge in [0.1, 0.15) is 16.0 Å². The van der Waals surface area contributed by atoms with E-state index in [1.54, 1.807) is 13.4 Å². The third-order valence-electron chi connectivity index (χ3n) is 2.69. The lowest BCUT2D eigenvalue weighted by atomic mass is 10.0. The van der Waals surface area contributed by atoms with Crippen LogP contribution in [0.4, 0.5) is 0 Å². The van der Waals surface area contributed by atoms with Crippen molar-refractivity contribution in [3.8, 4) is 17.0 Å². The maximum atomic E-state index is 6.27. The summed E-state index contributed by atoms with van der Waals surface area (Å²) in [5.74, 6) is 0.775. The van der Waals surface area contributed by atoms with E-state index in [1.165, 1.54) is 0 Å². The minimum absolute atomic E-state index is 0.746. The van der Waals surface area contributed by atoms with Gasteiger partial charge in [0, 0.05) is 10.6 Å². The quantitative estimate of drug-likeness (QED) is 0.905. The van der Waals surface area contributed by atoms with Gasteiger partial charge in [-0.1, -0.05) is 11.6 Å². The van der Waals surface area contributed by atoms with Crippen LogP contribution in [0.5, 0.6) is 5.75 Å². The number of methoxy groups -OCH3 is 1. The zero-order valence-electron chi connectivity index (χ0n) is 9.77. The number of rotatable bonds is 2. The van der Waals surface area contributed by atoms with Gasteiger partial charge in [-0.25, -0.2) is 4.98 Å². The Balaban J connectivity index is 2.76. The summed E-state index contributed by atoms with van der Waals surface area (Å²) in [5, 5.41) is 0.746. The van der Waals surface area contributed by atoms with Crippen LogP contribution in [-0.4, -0.2) is 17.1 Å². The molecule has 0 radical (unpaired) electrons. The van der Waals surface area contributed by atoms with Crippen LogP contribution in [0.3, 0.4) is 0 Å². The number of H-pyrrole nitrogens is 1. The van der Waals surface area contributed by atoms with E-state index < -0.39 is 0 Å². The number of imidazole rings is 1. The van der Waals surface area contributed by atoms with E-state index in [-0.39, 0.29) is 0 Å². The Kier molecular flexibility index (Phi) is 3.45. The molecule has 0 saturated heterocycles. The number of aromatic amines is 1. The molecular weight excluding hydrogens is 304 g/mol. The third-order valence-corrected chi connectivity index (χ3v) is 3.88. The molecule has 5 heteroatoms. The number of halogens is 2. The van der Waals surface area contributed by atoms with Gasteiger partial charge in [0.05, 0.1) is 13.4 Å². The first-order chi connectivity index (χ1) is 8.06. The molecule has 2 aromatic rings. The Bertz CT molecular complexity index is 566. The summed E-state index contributed by atoms with van der Waals surface area (Å²) in [6.45, 7) is 3.93. The van der Waals surface area contributed by atoms with Gasteiger partial charge in [-0.2, -0.15) is 0 Å². The fourth-order valence-corrected chi connectivity index (χ4v) is 2.38. The van der Waals surface area contributed by atoms with E-state index in [2.05, 4.69) is 25.9 Å². The van der Waals surface area contributed by atoms with Crippen molar-refractivity contribution < 1.29 is 4.74 Å². The molecule has 0 unspecified atom stereocenters. The average molecular weight is 316 g/mol. The van der Waals surface area contributed by atoms with Crippen LogP contribution < -0.4 is 4.74 Å². The second-order valence-electron chi connectivity index (χ2n) is 3.77. The van der Waals surface area contributed by atoms with Gasteiger partial charge in [0.15, 0.2) is 0 Å². The molecular formula is C12H12BrClN2O. The summed E-state index contributed by atoms with van der Waals surface area (Å²) in [6, 6.07) is 1.92. The average Bonchev–Trinajstić information content (AvgIpc) is 2.72. The van der Waals surface area contributed by atoms with Crippen molar-refractivity contribution in [2.75, 3.05) is 7.11 Å². The SMILES string of the molecule is COc1cc(C)c(Cl)c(C)c1-c1nc[nH]c1Br. The molecule has 1 heterocycles. The molecule has 3 nitrogen and oxygen atoms in total. The van der Waals surface area contributed by atoms with Crippen LogP contribution in [0.1, 0.15) is 11.1 Å². The van der Waals surface area contributed by atoms with Crippen LogP contribution in [0, 0.1) is 13.8 Å². The highest BCUT2D eigenvalue weighted by Gasteiger charge is 2.18. The maximum Gasteiger partial charge on any atom is 0.128 e. The van der Waals surface area contributed by atoms with Crippen molar-refractivity contribution in [2.45, 2.75) is 13.8 Å². The molecule has 0 fully saturated rings. The number of ether oxygens (including phenoxy) is 1. The first kappa shape index (κ1) is 12.5. The van der Waals surface area contributed by atoms with Crippen LogP contribution >= 0.6 is 27.5 Å². The minimum Gasteiger partial charge on any atom is -0.496 e. The fourth-order valence-electron chi connectivity index (χ4n) is 1.83. The van der Waals surface area contributed by atoms with Crippen molar-refractivity contribution in [2.24, 2.45) is 0 Å². The minimum atomic E-state index is 0.746. The molecule has 0 spiro atoms. The Hall–Kier alpha value is -1.00. The normalized spacial score (nSPS) is 10.6. The van der Waals surface area contributed by atoms with Crippen molar-refractivity contribution in [3.05, 3.63) is 33.1 Å². The highest BCUT2D eigenvalue weighted by molar-refractivity contribution is 9.10. The maximum absolute atomic E-state index is 6.27. The van der Waals surface area contributed by atoms with Gasteiger partial charge >= 0.3 is 0 Å². The standard InChI is InChI=1S/C12H12BrClN2O/c1-6-4-8(17-3)9(7(2)10(6)14)11-12(13)16-5-15-11/h4-5H,1-3H3,(H,15,16). The Morgan fingerprint density at radius 3 is 2.65 bits per heavy atom. The molecule has 0 aliphatic heterocycles. The topological polar surface area (TPSA) is 37.9 Å².